The number of benzene rings is 1. The van der Waals surface area contributed by atoms with Crippen LogP contribution >= 0.6 is 23.1 Å². The van der Waals surface area contributed by atoms with Crippen LogP contribution in [0.3, 0.4) is 0 Å². The molecule has 0 spiro atoms. The predicted octanol–water partition coefficient (Wildman–Crippen LogP) is 4.26. The predicted molar refractivity (Wildman–Crippen MR) is 75.4 cm³/mol. The highest BCUT2D eigenvalue weighted by molar-refractivity contribution is 7.98. The van der Waals surface area contributed by atoms with Crippen LogP contribution in [0.4, 0.5) is 0 Å². The van der Waals surface area contributed by atoms with Gasteiger partial charge in [0.05, 0.1) is 4.88 Å². The number of aryl methyl sites for hydroxylation is 1. The quantitative estimate of drug-likeness (QED) is 0.605. The molecule has 3 heteroatoms. The molecule has 0 saturated carbocycles. The van der Waals surface area contributed by atoms with Gasteiger partial charge in [0.15, 0.2) is 0 Å². The lowest BCUT2D eigenvalue weighted by Crippen LogP contribution is -1.97. The largest absolute Gasteiger partial charge is 0.288 e. The lowest BCUT2D eigenvalue weighted by molar-refractivity contribution is 0.104. The zero-order chi connectivity index (χ0) is 12.3. The summed E-state index contributed by atoms with van der Waals surface area (Å²) in [5.41, 5.74) is 0.771. The summed E-state index contributed by atoms with van der Waals surface area (Å²) >= 11 is 3.28. The second-order valence-electron chi connectivity index (χ2n) is 3.68. The number of carbonyl (C=O) groups excluding carboxylic acids is 1. The van der Waals surface area contributed by atoms with E-state index < -0.39 is 0 Å². The van der Waals surface area contributed by atoms with Crippen molar-refractivity contribution in [2.45, 2.75) is 18.2 Å². The molecule has 2 rings (SSSR count). The van der Waals surface area contributed by atoms with Gasteiger partial charge in [-0.05, 0) is 49.1 Å². The van der Waals surface area contributed by atoms with E-state index in [0.29, 0.717) is 0 Å². The molecule has 0 aliphatic heterocycles. The maximum Gasteiger partial charge on any atom is 0.202 e. The summed E-state index contributed by atoms with van der Waals surface area (Å²) in [5.74, 6) is 0.127. The van der Waals surface area contributed by atoms with Crippen LogP contribution < -0.4 is 0 Å². The fraction of sp³-hybridized carbons (Fsp3) is 0.214. The third-order valence-electron chi connectivity index (χ3n) is 2.59. The van der Waals surface area contributed by atoms with Crippen molar-refractivity contribution < 1.29 is 4.79 Å². The van der Waals surface area contributed by atoms with Gasteiger partial charge in [-0.2, -0.15) is 0 Å². The molecule has 1 aromatic heterocycles. The Labute approximate surface area is 110 Å². The van der Waals surface area contributed by atoms with Crippen molar-refractivity contribution in [3.63, 3.8) is 0 Å². The maximum absolute atomic E-state index is 12.2. The summed E-state index contributed by atoms with van der Waals surface area (Å²) in [5, 5.41) is 0. The molecule has 1 heterocycles. The molecule has 0 aliphatic carbocycles. The summed E-state index contributed by atoms with van der Waals surface area (Å²) in [6.45, 7) is 2.10. The topological polar surface area (TPSA) is 17.1 Å². The number of rotatable bonds is 4. The number of hydrogen-bond acceptors (Lipinski definition) is 3. The number of hydrogen-bond donors (Lipinski definition) is 0. The summed E-state index contributed by atoms with van der Waals surface area (Å²) in [7, 11) is 0. The van der Waals surface area contributed by atoms with Crippen LogP contribution in [0.15, 0.2) is 41.3 Å². The fourth-order valence-corrected chi connectivity index (χ4v) is 2.89. The number of thioether (sulfide) groups is 1. The third-order valence-corrected chi connectivity index (χ3v) is 4.56. The zero-order valence-electron chi connectivity index (χ0n) is 9.90. The average molecular weight is 262 g/mol. The van der Waals surface area contributed by atoms with Crippen molar-refractivity contribution in [2.24, 2.45) is 0 Å². The lowest BCUT2D eigenvalue weighted by atomic mass is 10.1. The number of thiophene rings is 1. The lowest BCUT2D eigenvalue weighted by Gasteiger charge is -1.99. The van der Waals surface area contributed by atoms with Gasteiger partial charge in [-0.15, -0.1) is 23.1 Å². The minimum absolute atomic E-state index is 0.127. The molecule has 0 fully saturated rings. The normalized spacial score (nSPS) is 10.5. The Bertz CT molecular complexity index is 511. The maximum atomic E-state index is 12.2. The second-order valence-corrected chi connectivity index (χ2v) is 5.73. The minimum atomic E-state index is 0.127. The Kier molecular flexibility index (Phi) is 4.02. The van der Waals surface area contributed by atoms with Crippen LogP contribution in [-0.2, 0) is 6.42 Å². The van der Waals surface area contributed by atoms with E-state index >= 15 is 0 Å². The Morgan fingerprint density at radius 2 is 1.88 bits per heavy atom. The van der Waals surface area contributed by atoms with Crippen molar-refractivity contribution in [1.82, 2.24) is 0 Å². The smallest absolute Gasteiger partial charge is 0.202 e. The van der Waals surface area contributed by atoms with Gasteiger partial charge >= 0.3 is 0 Å². The summed E-state index contributed by atoms with van der Waals surface area (Å²) in [6.07, 6.45) is 3.02. The Hall–Kier alpha value is -1.06. The van der Waals surface area contributed by atoms with Crippen LogP contribution in [0, 0.1) is 0 Å². The van der Waals surface area contributed by atoms with Crippen LogP contribution in [0.25, 0.3) is 0 Å². The molecule has 17 heavy (non-hydrogen) atoms. The highest BCUT2D eigenvalue weighted by atomic mass is 32.2. The first-order chi connectivity index (χ1) is 8.24. The first kappa shape index (κ1) is 12.4. The third kappa shape index (κ3) is 2.79. The highest BCUT2D eigenvalue weighted by Crippen LogP contribution is 2.22. The van der Waals surface area contributed by atoms with E-state index in [4.69, 9.17) is 0 Å². The molecule has 0 unspecified atom stereocenters. The molecule has 0 saturated heterocycles. The summed E-state index contributed by atoms with van der Waals surface area (Å²) < 4.78 is 0. The van der Waals surface area contributed by atoms with Crippen molar-refractivity contribution >= 4 is 28.9 Å². The fourth-order valence-electron chi connectivity index (χ4n) is 1.57. The van der Waals surface area contributed by atoms with Gasteiger partial charge in [0, 0.05) is 15.3 Å². The van der Waals surface area contributed by atoms with E-state index in [2.05, 4.69) is 6.92 Å². The molecule has 0 bridgehead atoms. The molecule has 88 valence electrons. The van der Waals surface area contributed by atoms with Crippen LogP contribution in [0.1, 0.15) is 27.0 Å². The van der Waals surface area contributed by atoms with Crippen molar-refractivity contribution in [2.75, 3.05) is 6.26 Å². The van der Waals surface area contributed by atoms with E-state index in [9.17, 15) is 4.79 Å². The molecular weight excluding hydrogens is 248 g/mol. The van der Waals surface area contributed by atoms with Crippen molar-refractivity contribution in [1.29, 1.82) is 0 Å². The standard InChI is InChI=1S/C14H14OS2/c1-3-11-8-9-13(17-11)14(15)10-4-6-12(16-2)7-5-10/h4-9H,3H2,1-2H3. The Balaban J connectivity index is 2.23. The van der Waals surface area contributed by atoms with Gasteiger partial charge in [-0.25, -0.2) is 0 Å². The van der Waals surface area contributed by atoms with E-state index in [1.807, 2.05) is 42.7 Å². The van der Waals surface area contributed by atoms with Gasteiger partial charge in [-0.1, -0.05) is 6.92 Å². The van der Waals surface area contributed by atoms with Crippen LogP contribution in [-0.4, -0.2) is 12.0 Å². The zero-order valence-corrected chi connectivity index (χ0v) is 11.5. The van der Waals surface area contributed by atoms with Crippen LogP contribution in [0.5, 0.6) is 0 Å². The average Bonchev–Trinajstić information content (AvgIpc) is 2.87. The van der Waals surface area contributed by atoms with Gasteiger partial charge in [0.1, 0.15) is 0 Å². The number of ketones is 1. The molecule has 0 atom stereocenters. The highest BCUT2D eigenvalue weighted by Gasteiger charge is 2.11. The summed E-state index contributed by atoms with van der Waals surface area (Å²) in [4.78, 5) is 15.5. The van der Waals surface area contributed by atoms with Gasteiger partial charge < -0.3 is 0 Å². The number of carbonyl (C=O) groups is 1. The Morgan fingerprint density at radius 1 is 1.18 bits per heavy atom. The van der Waals surface area contributed by atoms with Crippen molar-refractivity contribution in [3.05, 3.63) is 51.7 Å². The SMILES string of the molecule is CCc1ccc(C(=O)c2ccc(SC)cc2)s1. The molecule has 1 aromatic carbocycles. The summed E-state index contributed by atoms with van der Waals surface area (Å²) in [6, 6.07) is 11.7. The van der Waals surface area contributed by atoms with Gasteiger partial charge in [-0.3, -0.25) is 4.79 Å². The van der Waals surface area contributed by atoms with E-state index in [-0.39, 0.29) is 5.78 Å². The van der Waals surface area contributed by atoms with Crippen molar-refractivity contribution in [3.8, 4) is 0 Å². The van der Waals surface area contributed by atoms with E-state index in [1.54, 1.807) is 23.1 Å². The van der Waals surface area contributed by atoms with E-state index in [0.717, 1.165) is 16.9 Å². The molecule has 2 aromatic rings. The molecule has 0 radical (unpaired) electrons. The Morgan fingerprint density at radius 3 is 2.41 bits per heavy atom. The molecular formula is C14H14OS2. The molecule has 0 N–H and O–H groups in total. The first-order valence-electron chi connectivity index (χ1n) is 5.52. The van der Waals surface area contributed by atoms with E-state index in [1.165, 1.54) is 9.77 Å². The monoisotopic (exact) mass is 262 g/mol. The minimum Gasteiger partial charge on any atom is -0.288 e. The first-order valence-corrected chi connectivity index (χ1v) is 7.56. The second kappa shape index (κ2) is 5.52. The molecule has 1 nitrogen and oxygen atoms in total. The molecule has 0 aliphatic rings. The van der Waals surface area contributed by atoms with Gasteiger partial charge in [0.2, 0.25) is 5.78 Å². The van der Waals surface area contributed by atoms with Crippen LogP contribution in [0.2, 0.25) is 0 Å². The molecule has 0 amide bonds. The van der Waals surface area contributed by atoms with Gasteiger partial charge in [0.25, 0.3) is 0 Å².